The van der Waals surface area contributed by atoms with Crippen LogP contribution in [0, 0.1) is 50.2 Å². The lowest BCUT2D eigenvalue weighted by molar-refractivity contribution is -0.170. The van der Waals surface area contributed by atoms with Gasteiger partial charge in [-0.25, -0.2) is 0 Å². The summed E-state index contributed by atoms with van der Waals surface area (Å²) >= 11 is 0. The van der Waals surface area contributed by atoms with Crippen LogP contribution in [-0.2, 0) is 0 Å². The molecule has 31 heavy (non-hydrogen) atoms. The molecule has 0 aromatic carbocycles. The van der Waals surface area contributed by atoms with E-state index in [9.17, 15) is 5.11 Å². The summed E-state index contributed by atoms with van der Waals surface area (Å²) in [7, 11) is 0. The molecular weight excluding hydrogens is 376 g/mol. The van der Waals surface area contributed by atoms with E-state index in [1.165, 1.54) is 57.8 Å². The van der Waals surface area contributed by atoms with Crippen molar-refractivity contribution in [2.24, 2.45) is 50.2 Å². The van der Waals surface area contributed by atoms with Crippen LogP contribution >= 0.6 is 0 Å². The smallest absolute Gasteiger partial charge is 0.0594 e. The van der Waals surface area contributed by atoms with Crippen LogP contribution in [0.15, 0.2) is 11.6 Å². The van der Waals surface area contributed by atoms with Crippen LogP contribution in [0.3, 0.4) is 0 Å². The largest absolute Gasteiger partial charge is 0.393 e. The third-order valence-corrected chi connectivity index (χ3v) is 13.0. The van der Waals surface area contributed by atoms with Crippen molar-refractivity contribution >= 4 is 0 Å². The molecule has 0 aliphatic heterocycles. The fourth-order valence-electron chi connectivity index (χ4n) is 10.5. The quantitative estimate of drug-likeness (QED) is 0.387. The molecule has 5 aliphatic carbocycles. The summed E-state index contributed by atoms with van der Waals surface area (Å²) in [6.45, 7) is 20.4. The molecule has 1 nitrogen and oxygen atoms in total. The van der Waals surface area contributed by atoms with Crippen LogP contribution in [0.2, 0.25) is 0 Å². The number of hydrogen-bond donors (Lipinski definition) is 1. The summed E-state index contributed by atoms with van der Waals surface area (Å²) in [5.41, 5.74) is 3.97. The summed E-state index contributed by atoms with van der Waals surface area (Å²) in [5, 5.41) is 10.9. The third-order valence-electron chi connectivity index (χ3n) is 13.0. The lowest BCUT2D eigenvalue weighted by atomic mass is 9.34. The highest BCUT2D eigenvalue weighted by atomic mass is 16.3. The van der Waals surface area contributed by atoms with E-state index >= 15 is 0 Å². The van der Waals surface area contributed by atoms with Gasteiger partial charge in [-0.05, 0) is 114 Å². The minimum absolute atomic E-state index is 0.0332. The molecule has 8 unspecified atom stereocenters. The molecule has 0 heterocycles. The zero-order chi connectivity index (χ0) is 22.7. The number of rotatable bonds is 0. The molecule has 1 N–H and O–H groups in total. The van der Waals surface area contributed by atoms with E-state index < -0.39 is 0 Å². The van der Waals surface area contributed by atoms with E-state index in [2.05, 4.69) is 61.5 Å². The second-order valence-electron chi connectivity index (χ2n) is 15.2. The molecule has 5 aliphatic rings. The van der Waals surface area contributed by atoms with Crippen LogP contribution in [-0.4, -0.2) is 11.2 Å². The molecule has 4 saturated carbocycles. The highest BCUT2D eigenvalue weighted by Crippen LogP contribution is 2.75. The van der Waals surface area contributed by atoms with Gasteiger partial charge in [0.25, 0.3) is 0 Å². The first kappa shape index (κ1) is 22.5. The molecule has 0 amide bonds. The first-order valence-corrected chi connectivity index (χ1v) is 13.6. The molecule has 5 rings (SSSR count). The topological polar surface area (TPSA) is 20.2 Å². The molecule has 176 valence electrons. The molecule has 0 radical (unpaired) electrons. The fraction of sp³-hybridized carbons (Fsp3) is 0.933. The Morgan fingerprint density at radius 3 is 2.16 bits per heavy atom. The van der Waals surface area contributed by atoms with Crippen LogP contribution in [0.25, 0.3) is 0 Å². The van der Waals surface area contributed by atoms with Crippen molar-refractivity contribution in [2.45, 2.75) is 126 Å². The zero-order valence-electron chi connectivity index (χ0n) is 21.9. The van der Waals surface area contributed by atoms with Gasteiger partial charge in [0.2, 0.25) is 0 Å². The maximum atomic E-state index is 10.9. The van der Waals surface area contributed by atoms with Crippen molar-refractivity contribution in [1.82, 2.24) is 0 Å². The molecule has 0 saturated heterocycles. The lowest BCUT2D eigenvalue weighted by Crippen LogP contribution is -2.63. The van der Waals surface area contributed by atoms with Gasteiger partial charge in [-0.1, -0.05) is 67.0 Å². The third kappa shape index (κ3) is 2.77. The number of aliphatic hydroxyl groups excluding tert-OH is 1. The Bertz CT molecular complexity index is 790. The second-order valence-corrected chi connectivity index (χ2v) is 15.2. The van der Waals surface area contributed by atoms with Crippen LogP contribution in [0.1, 0.15) is 120 Å². The summed E-state index contributed by atoms with van der Waals surface area (Å²) in [4.78, 5) is 0. The van der Waals surface area contributed by atoms with Crippen molar-refractivity contribution in [3.63, 3.8) is 0 Å². The number of allylic oxidation sites excluding steroid dienone is 2. The summed E-state index contributed by atoms with van der Waals surface area (Å²) in [5.74, 6) is 2.35. The van der Waals surface area contributed by atoms with E-state index in [0.29, 0.717) is 27.6 Å². The van der Waals surface area contributed by atoms with E-state index in [4.69, 9.17) is 0 Å². The average molecular weight is 427 g/mol. The Kier molecular flexibility index (Phi) is 4.66. The molecule has 0 aromatic heterocycles. The van der Waals surface area contributed by atoms with Crippen molar-refractivity contribution in [2.75, 3.05) is 0 Å². The van der Waals surface area contributed by atoms with E-state index in [0.717, 1.165) is 18.3 Å². The van der Waals surface area contributed by atoms with Gasteiger partial charge in [0.05, 0.1) is 6.10 Å². The summed E-state index contributed by atoms with van der Waals surface area (Å²) < 4.78 is 0. The van der Waals surface area contributed by atoms with E-state index in [1.807, 2.05) is 5.57 Å². The maximum Gasteiger partial charge on any atom is 0.0594 e. The predicted molar refractivity (Wildman–Crippen MR) is 131 cm³/mol. The van der Waals surface area contributed by atoms with Gasteiger partial charge in [-0.15, -0.1) is 0 Å². The Hall–Kier alpha value is -0.300. The van der Waals surface area contributed by atoms with Crippen LogP contribution in [0.4, 0.5) is 0 Å². The SMILES string of the molecule is CC1(C)CCC2(C)CCC3(C)C(CC=C4C5(C)CCC(O)C(C)(C)C5CCC43C)C2C1. The highest BCUT2D eigenvalue weighted by molar-refractivity contribution is 5.35. The fourth-order valence-corrected chi connectivity index (χ4v) is 10.5. The van der Waals surface area contributed by atoms with E-state index in [-0.39, 0.29) is 16.9 Å². The van der Waals surface area contributed by atoms with Crippen molar-refractivity contribution in [1.29, 1.82) is 0 Å². The van der Waals surface area contributed by atoms with Crippen molar-refractivity contribution in [3.8, 4) is 0 Å². The minimum Gasteiger partial charge on any atom is -0.393 e. The van der Waals surface area contributed by atoms with Crippen molar-refractivity contribution in [3.05, 3.63) is 11.6 Å². The average Bonchev–Trinajstić information content (AvgIpc) is 2.67. The van der Waals surface area contributed by atoms with E-state index in [1.54, 1.807) is 0 Å². The molecule has 0 spiro atoms. The van der Waals surface area contributed by atoms with Gasteiger partial charge in [0.15, 0.2) is 0 Å². The monoisotopic (exact) mass is 426 g/mol. The molecule has 4 fully saturated rings. The zero-order valence-corrected chi connectivity index (χ0v) is 21.9. The Labute approximate surface area is 192 Å². The first-order chi connectivity index (χ1) is 14.2. The standard InChI is InChI=1S/C30H50O/c1-25(2)15-16-27(5)17-18-29(7)20(21(27)19-25)9-10-23-28(6)13-12-24(31)26(3,4)22(28)11-14-30(23,29)8/h10,20-22,24,31H,9,11-19H2,1-8H3. The van der Waals surface area contributed by atoms with Gasteiger partial charge >= 0.3 is 0 Å². The molecular formula is C30H50O. The number of aliphatic hydroxyl groups is 1. The van der Waals surface area contributed by atoms with Gasteiger partial charge in [-0.3, -0.25) is 0 Å². The first-order valence-electron chi connectivity index (χ1n) is 13.6. The highest BCUT2D eigenvalue weighted by Gasteiger charge is 2.67. The van der Waals surface area contributed by atoms with Crippen LogP contribution in [0.5, 0.6) is 0 Å². The summed E-state index contributed by atoms with van der Waals surface area (Å²) in [6, 6.07) is 0. The van der Waals surface area contributed by atoms with Crippen molar-refractivity contribution < 1.29 is 5.11 Å². The van der Waals surface area contributed by atoms with Gasteiger partial charge in [0.1, 0.15) is 0 Å². The Balaban J connectivity index is 1.57. The number of hydrogen-bond acceptors (Lipinski definition) is 1. The molecule has 0 bridgehead atoms. The second kappa shape index (κ2) is 6.43. The van der Waals surface area contributed by atoms with Crippen LogP contribution < -0.4 is 0 Å². The summed E-state index contributed by atoms with van der Waals surface area (Å²) in [6.07, 6.45) is 15.9. The Morgan fingerprint density at radius 1 is 0.774 bits per heavy atom. The minimum atomic E-state index is -0.137. The predicted octanol–water partition coefficient (Wildman–Crippen LogP) is 8.17. The Morgan fingerprint density at radius 2 is 1.45 bits per heavy atom. The van der Waals surface area contributed by atoms with Gasteiger partial charge in [-0.2, -0.15) is 0 Å². The molecule has 0 aromatic rings. The molecule has 1 heteroatoms. The number of fused-ring (bicyclic) bond motifs is 7. The molecule has 8 atom stereocenters. The van der Waals surface area contributed by atoms with Gasteiger partial charge in [0, 0.05) is 0 Å². The normalized spacial score (nSPS) is 55.2. The maximum absolute atomic E-state index is 10.9. The van der Waals surface area contributed by atoms with Gasteiger partial charge < -0.3 is 5.11 Å². The lowest BCUT2D eigenvalue weighted by Gasteiger charge is -2.71.